The molecule has 0 bridgehead atoms. The number of amides is 1. The van der Waals surface area contributed by atoms with Crippen molar-refractivity contribution in [2.45, 2.75) is 64.3 Å². The molecule has 1 amide bonds. The van der Waals surface area contributed by atoms with Gasteiger partial charge in [-0.1, -0.05) is 56.3 Å². The lowest BCUT2D eigenvalue weighted by atomic mass is 9.42. The van der Waals surface area contributed by atoms with Crippen LogP contribution in [-0.2, 0) is 48.1 Å². The molecule has 7 atom stereocenters. The SMILES string of the molecule is CCOC(=O)C(Cc1ccccc1)NCc1ccc(OC)c(-c2ccc(O)c3c2C[C@@]2(C)C[C@@]4(C)[C@H](N(C)C)C(=O)C(C(N)=O)C(=O)[C@@]4(O)C(=O)C2C3=O)c1. The summed E-state index contributed by atoms with van der Waals surface area (Å²) in [6.45, 7) is 5.41. The first-order valence-corrected chi connectivity index (χ1v) is 18.3. The maximum absolute atomic E-state index is 14.6. The van der Waals surface area contributed by atoms with Crippen LogP contribution in [0.3, 0.4) is 0 Å². The zero-order valence-electron chi connectivity index (χ0n) is 31.8. The van der Waals surface area contributed by atoms with Crippen LogP contribution in [0.1, 0.15) is 54.2 Å². The van der Waals surface area contributed by atoms with Gasteiger partial charge in [0.05, 0.1) is 31.2 Å². The number of phenols is 1. The summed E-state index contributed by atoms with van der Waals surface area (Å²) in [5, 5.41) is 26.8. The Balaban J connectivity index is 1.42. The fourth-order valence-corrected chi connectivity index (χ4v) is 9.62. The summed E-state index contributed by atoms with van der Waals surface area (Å²) >= 11 is 0. The minimum Gasteiger partial charge on any atom is -0.507 e. The van der Waals surface area contributed by atoms with Gasteiger partial charge in [-0.05, 0) is 86.1 Å². The van der Waals surface area contributed by atoms with E-state index < -0.39 is 69.4 Å². The molecule has 3 aliphatic rings. The smallest absolute Gasteiger partial charge is 0.323 e. The third-order valence-electron chi connectivity index (χ3n) is 11.8. The molecule has 0 radical (unpaired) electrons. The van der Waals surface area contributed by atoms with Crippen molar-refractivity contribution < 1.29 is 48.5 Å². The van der Waals surface area contributed by atoms with Crippen LogP contribution in [0.15, 0.2) is 60.7 Å². The molecule has 2 fully saturated rings. The van der Waals surface area contributed by atoms with Gasteiger partial charge in [-0.3, -0.25) is 33.7 Å². The highest BCUT2D eigenvalue weighted by Gasteiger charge is 2.76. The molecular formula is C42H47N3O10. The number of nitrogens with two attached hydrogens (primary N) is 1. The Bertz CT molecular complexity index is 2100. The average molecular weight is 754 g/mol. The largest absolute Gasteiger partial charge is 0.507 e. The van der Waals surface area contributed by atoms with Crippen LogP contribution in [0.4, 0.5) is 0 Å². The van der Waals surface area contributed by atoms with Crippen molar-refractivity contribution in [1.29, 1.82) is 0 Å². The second kappa shape index (κ2) is 14.4. The van der Waals surface area contributed by atoms with Gasteiger partial charge in [0.2, 0.25) is 5.91 Å². The predicted molar refractivity (Wildman–Crippen MR) is 200 cm³/mol. The summed E-state index contributed by atoms with van der Waals surface area (Å²) < 4.78 is 11.1. The number of hydrogen-bond donors (Lipinski definition) is 4. The van der Waals surface area contributed by atoms with E-state index in [0.717, 1.165) is 11.1 Å². The van der Waals surface area contributed by atoms with Crippen LogP contribution in [0.5, 0.6) is 11.5 Å². The molecule has 55 heavy (non-hydrogen) atoms. The zero-order valence-corrected chi connectivity index (χ0v) is 31.8. The fraction of sp³-hybridized carbons (Fsp3) is 0.429. The van der Waals surface area contributed by atoms with Gasteiger partial charge in [0, 0.05) is 17.5 Å². The number of aliphatic hydroxyl groups is 1. The summed E-state index contributed by atoms with van der Waals surface area (Å²) in [4.78, 5) is 83.8. The standard InChI is InChI=1S/C42H47N3O10/c1-7-55-39(52)27(18-22-11-9-8-10-12-22)44-20-23-13-16-29(54-6)25(17-23)24-14-15-28(46)30-26(24)19-40(2)21-41(3)35(45(4)5)34(48)31(38(43)51)36(49)42(41,53)37(50)32(40)33(30)47/h8-17,27,31-32,35,44,46,53H,7,18-21H2,1-6H3,(H2,43,51)/t27?,31?,32?,35-,40+,41+,42-/m1/s1. The predicted octanol–water partition coefficient (Wildman–Crippen LogP) is 2.59. The van der Waals surface area contributed by atoms with E-state index in [-0.39, 0.29) is 43.3 Å². The first-order valence-electron chi connectivity index (χ1n) is 18.3. The molecule has 3 aromatic carbocycles. The van der Waals surface area contributed by atoms with E-state index in [1.165, 1.54) is 25.0 Å². The average Bonchev–Trinajstić information content (AvgIpc) is 3.11. The number of benzene rings is 3. The van der Waals surface area contributed by atoms with E-state index >= 15 is 0 Å². The summed E-state index contributed by atoms with van der Waals surface area (Å²) in [5.74, 6) is -9.36. The monoisotopic (exact) mass is 753 g/mol. The van der Waals surface area contributed by atoms with Gasteiger partial charge in [0.25, 0.3) is 0 Å². The number of fused-ring (bicyclic) bond motifs is 3. The molecule has 0 saturated heterocycles. The highest BCUT2D eigenvalue weighted by molar-refractivity contribution is 6.33. The number of nitrogens with one attached hydrogen (secondary N) is 1. The van der Waals surface area contributed by atoms with Crippen LogP contribution in [-0.4, -0.2) is 95.6 Å². The first-order chi connectivity index (χ1) is 25.9. The lowest BCUT2D eigenvalue weighted by Crippen LogP contribution is -2.79. The number of rotatable bonds is 11. The number of phenolic OH excluding ortho intramolecular Hbond substituents is 1. The van der Waals surface area contributed by atoms with Crippen molar-refractivity contribution in [2.75, 3.05) is 27.8 Å². The Kier molecular flexibility index (Phi) is 10.4. The Morgan fingerprint density at radius 3 is 2.29 bits per heavy atom. The van der Waals surface area contributed by atoms with Gasteiger partial charge < -0.3 is 30.7 Å². The second-order valence-electron chi connectivity index (χ2n) is 15.7. The molecule has 0 spiro atoms. The number of primary amides is 1. The molecule has 2 saturated carbocycles. The summed E-state index contributed by atoms with van der Waals surface area (Å²) in [7, 11) is 4.59. The maximum Gasteiger partial charge on any atom is 0.323 e. The van der Waals surface area contributed by atoms with Gasteiger partial charge in [-0.2, -0.15) is 0 Å². The molecule has 5 N–H and O–H groups in total. The van der Waals surface area contributed by atoms with E-state index in [0.29, 0.717) is 28.9 Å². The molecule has 0 aromatic heterocycles. The van der Waals surface area contributed by atoms with Crippen LogP contribution in [0.25, 0.3) is 11.1 Å². The maximum atomic E-state index is 14.6. The lowest BCUT2D eigenvalue weighted by Gasteiger charge is -2.61. The van der Waals surface area contributed by atoms with Crippen molar-refractivity contribution >= 4 is 35.0 Å². The molecular weight excluding hydrogens is 706 g/mol. The Morgan fingerprint density at radius 2 is 1.67 bits per heavy atom. The third kappa shape index (κ3) is 6.24. The number of esters is 1. The van der Waals surface area contributed by atoms with E-state index in [1.807, 2.05) is 42.5 Å². The fourth-order valence-electron chi connectivity index (χ4n) is 9.62. The number of carbonyl (C=O) groups excluding carboxylic acids is 6. The van der Waals surface area contributed by atoms with E-state index in [2.05, 4.69) is 5.32 Å². The molecule has 13 heteroatoms. The second-order valence-corrected chi connectivity index (χ2v) is 15.7. The summed E-state index contributed by atoms with van der Waals surface area (Å²) in [5.41, 5.74) is 2.71. The van der Waals surface area contributed by atoms with E-state index in [4.69, 9.17) is 15.2 Å². The van der Waals surface area contributed by atoms with Crippen molar-refractivity contribution in [2.24, 2.45) is 28.4 Å². The van der Waals surface area contributed by atoms with Crippen molar-refractivity contribution in [3.05, 3.63) is 82.9 Å². The Labute approximate surface area is 319 Å². The number of ether oxygens (including phenoxy) is 2. The number of likely N-dealkylation sites (N-methyl/N-ethyl adjacent to an activating group) is 1. The molecule has 3 aromatic rings. The minimum absolute atomic E-state index is 0.0370. The molecule has 6 rings (SSSR count). The van der Waals surface area contributed by atoms with Crippen LogP contribution in [0.2, 0.25) is 0 Å². The number of carbonyl (C=O) groups is 6. The third-order valence-corrected chi connectivity index (χ3v) is 11.8. The summed E-state index contributed by atoms with van der Waals surface area (Å²) in [6.07, 6.45) is 0.296. The number of methoxy groups -OCH3 is 1. The van der Waals surface area contributed by atoms with Crippen molar-refractivity contribution in [3.8, 4) is 22.6 Å². The molecule has 3 aliphatic carbocycles. The number of hydrogen-bond acceptors (Lipinski definition) is 12. The van der Waals surface area contributed by atoms with Gasteiger partial charge in [-0.15, -0.1) is 0 Å². The first kappa shape index (κ1) is 39.5. The highest BCUT2D eigenvalue weighted by Crippen LogP contribution is 2.62. The van der Waals surface area contributed by atoms with Crippen molar-refractivity contribution in [1.82, 2.24) is 10.2 Å². The minimum atomic E-state index is -2.90. The van der Waals surface area contributed by atoms with Gasteiger partial charge in [-0.25, -0.2) is 0 Å². The van der Waals surface area contributed by atoms with E-state index in [9.17, 15) is 39.0 Å². The van der Waals surface area contributed by atoms with Gasteiger partial charge >= 0.3 is 5.97 Å². The number of nitrogens with zero attached hydrogens (tertiary/aromatic N) is 1. The molecule has 0 aliphatic heterocycles. The number of aromatic hydroxyl groups is 1. The zero-order chi connectivity index (χ0) is 40.2. The van der Waals surface area contributed by atoms with E-state index in [1.54, 1.807) is 40.1 Å². The quantitative estimate of drug-likeness (QED) is 0.165. The molecule has 290 valence electrons. The Hall–Kier alpha value is -5.24. The highest BCUT2D eigenvalue weighted by atomic mass is 16.5. The van der Waals surface area contributed by atoms with Crippen LogP contribution < -0.4 is 15.8 Å². The van der Waals surface area contributed by atoms with Crippen LogP contribution in [0, 0.1) is 22.7 Å². The number of ketones is 4. The lowest BCUT2D eigenvalue weighted by molar-refractivity contribution is -0.203. The molecule has 13 nitrogen and oxygen atoms in total. The molecule has 0 heterocycles. The Morgan fingerprint density at radius 1 is 0.982 bits per heavy atom. The normalized spacial score (nSPS) is 27.9. The summed E-state index contributed by atoms with van der Waals surface area (Å²) in [6, 6.07) is 16.1. The molecule has 3 unspecified atom stereocenters. The van der Waals surface area contributed by atoms with Crippen LogP contribution >= 0.6 is 0 Å². The van der Waals surface area contributed by atoms with Gasteiger partial charge in [0.1, 0.15) is 17.5 Å². The topological polar surface area (TPSA) is 203 Å². The van der Waals surface area contributed by atoms with Crippen molar-refractivity contribution in [3.63, 3.8) is 0 Å². The van der Waals surface area contributed by atoms with Gasteiger partial charge in [0.15, 0.2) is 34.7 Å². The number of Topliss-reactive ketones (excluding diaryl/α,β-unsaturated/α-hetero) is 4.